The number of hydrogen-bond donors (Lipinski definition) is 4. The van der Waals surface area contributed by atoms with Crippen molar-refractivity contribution in [1.82, 2.24) is 0 Å². The van der Waals surface area contributed by atoms with E-state index in [1.165, 1.54) is 7.11 Å². The van der Waals surface area contributed by atoms with Crippen LogP contribution < -0.4 is 5.73 Å². The van der Waals surface area contributed by atoms with E-state index in [0.29, 0.717) is 19.6 Å². The molecule has 7 heteroatoms. The van der Waals surface area contributed by atoms with E-state index >= 15 is 0 Å². The maximum absolute atomic E-state index is 9.86. The van der Waals surface area contributed by atoms with Gasteiger partial charge in [-0.2, -0.15) is 0 Å². The van der Waals surface area contributed by atoms with Crippen LogP contribution in [-0.4, -0.2) is 72.9 Å². The van der Waals surface area contributed by atoms with Crippen molar-refractivity contribution in [3.8, 4) is 0 Å². The summed E-state index contributed by atoms with van der Waals surface area (Å²) in [6, 6.07) is 0. The lowest BCUT2D eigenvalue weighted by Gasteiger charge is -2.41. The van der Waals surface area contributed by atoms with E-state index in [9.17, 15) is 10.2 Å². The van der Waals surface area contributed by atoms with Gasteiger partial charge in [-0.15, -0.1) is 0 Å². The Kier molecular flexibility index (Phi) is 6.28. The molecule has 102 valence electrons. The summed E-state index contributed by atoms with van der Waals surface area (Å²) in [4.78, 5) is 0. The standard InChI is InChI=1S/C10H21NO6/c1-15-10-8(14)9(16-4-2-3-11)7(13)6(5-12)17-10/h6-10,12-14H,2-5,11H2,1H3/t6-,7+,8-,9+,10+/m1/s1. The lowest BCUT2D eigenvalue weighted by atomic mass is 9.99. The van der Waals surface area contributed by atoms with Gasteiger partial charge in [0.1, 0.15) is 24.4 Å². The molecule has 17 heavy (non-hydrogen) atoms. The van der Waals surface area contributed by atoms with Crippen molar-refractivity contribution in [2.45, 2.75) is 37.1 Å². The first-order valence-corrected chi connectivity index (χ1v) is 5.62. The van der Waals surface area contributed by atoms with Crippen molar-refractivity contribution in [2.24, 2.45) is 5.73 Å². The number of aliphatic hydroxyl groups excluding tert-OH is 3. The zero-order valence-electron chi connectivity index (χ0n) is 9.86. The molecule has 1 rings (SSSR count). The van der Waals surface area contributed by atoms with Gasteiger partial charge in [0.15, 0.2) is 6.29 Å². The molecule has 0 bridgehead atoms. The van der Waals surface area contributed by atoms with Crippen LogP contribution in [0, 0.1) is 0 Å². The van der Waals surface area contributed by atoms with Crippen LogP contribution in [0.25, 0.3) is 0 Å². The molecule has 0 spiro atoms. The minimum atomic E-state index is -1.10. The van der Waals surface area contributed by atoms with E-state index in [1.54, 1.807) is 0 Å². The number of rotatable bonds is 6. The van der Waals surface area contributed by atoms with Gasteiger partial charge in [0.25, 0.3) is 0 Å². The van der Waals surface area contributed by atoms with Crippen molar-refractivity contribution in [1.29, 1.82) is 0 Å². The van der Waals surface area contributed by atoms with Gasteiger partial charge < -0.3 is 35.3 Å². The molecule has 0 amide bonds. The van der Waals surface area contributed by atoms with Crippen LogP contribution in [0.2, 0.25) is 0 Å². The highest BCUT2D eigenvalue weighted by molar-refractivity contribution is 4.90. The first-order valence-electron chi connectivity index (χ1n) is 5.62. The van der Waals surface area contributed by atoms with E-state index < -0.39 is 30.7 Å². The van der Waals surface area contributed by atoms with Crippen LogP contribution in [-0.2, 0) is 14.2 Å². The molecule has 0 saturated carbocycles. The van der Waals surface area contributed by atoms with Gasteiger partial charge in [0.2, 0.25) is 0 Å². The maximum atomic E-state index is 9.86. The van der Waals surface area contributed by atoms with Crippen molar-refractivity contribution >= 4 is 0 Å². The van der Waals surface area contributed by atoms with Crippen LogP contribution in [0.4, 0.5) is 0 Å². The van der Waals surface area contributed by atoms with Crippen molar-refractivity contribution < 1.29 is 29.5 Å². The molecular weight excluding hydrogens is 230 g/mol. The molecule has 0 aliphatic carbocycles. The highest BCUT2D eigenvalue weighted by atomic mass is 16.7. The van der Waals surface area contributed by atoms with Gasteiger partial charge in [-0.25, -0.2) is 0 Å². The van der Waals surface area contributed by atoms with Crippen molar-refractivity contribution in [3.05, 3.63) is 0 Å². The summed E-state index contributed by atoms with van der Waals surface area (Å²) in [5.41, 5.74) is 5.33. The van der Waals surface area contributed by atoms with Crippen LogP contribution in [0.1, 0.15) is 6.42 Å². The zero-order chi connectivity index (χ0) is 12.8. The Labute approximate surface area is 100 Å². The quantitative estimate of drug-likeness (QED) is 0.396. The summed E-state index contributed by atoms with van der Waals surface area (Å²) in [6.45, 7) is 0.418. The van der Waals surface area contributed by atoms with Crippen LogP contribution in [0.15, 0.2) is 0 Å². The van der Waals surface area contributed by atoms with Gasteiger partial charge in [0.05, 0.1) is 6.61 Å². The fourth-order valence-electron chi connectivity index (χ4n) is 1.75. The summed E-state index contributed by atoms with van der Waals surface area (Å²) < 4.78 is 15.5. The van der Waals surface area contributed by atoms with Gasteiger partial charge in [-0.3, -0.25) is 0 Å². The Morgan fingerprint density at radius 1 is 1.29 bits per heavy atom. The Morgan fingerprint density at radius 3 is 2.53 bits per heavy atom. The molecule has 5 atom stereocenters. The summed E-state index contributed by atoms with van der Waals surface area (Å²) in [7, 11) is 1.37. The molecule has 0 aromatic carbocycles. The number of ether oxygens (including phenoxy) is 3. The summed E-state index contributed by atoms with van der Waals surface area (Å²) >= 11 is 0. The molecular formula is C10H21NO6. The largest absolute Gasteiger partial charge is 0.394 e. The van der Waals surface area contributed by atoms with E-state index in [-0.39, 0.29) is 6.61 Å². The number of hydrogen-bond acceptors (Lipinski definition) is 7. The molecule has 1 fully saturated rings. The summed E-state index contributed by atoms with van der Waals surface area (Å²) in [5.74, 6) is 0. The summed E-state index contributed by atoms with van der Waals surface area (Å²) in [6.07, 6.45) is -4.17. The number of aliphatic hydroxyl groups is 3. The van der Waals surface area contributed by atoms with Crippen molar-refractivity contribution in [3.63, 3.8) is 0 Å². The van der Waals surface area contributed by atoms with Gasteiger partial charge in [-0.1, -0.05) is 0 Å². The average Bonchev–Trinajstić information content (AvgIpc) is 2.34. The lowest BCUT2D eigenvalue weighted by Crippen LogP contribution is -2.60. The van der Waals surface area contributed by atoms with Crippen molar-refractivity contribution in [2.75, 3.05) is 26.9 Å². The topological polar surface area (TPSA) is 114 Å². The third-order valence-electron chi connectivity index (χ3n) is 2.71. The molecule has 0 radical (unpaired) electrons. The van der Waals surface area contributed by atoms with Crippen LogP contribution in [0.3, 0.4) is 0 Å². The molecule has 0 aromatic heterocycles. The number of methoxy groups -OCH3 is 1. The summed E-state index contributed by atoms with van der Waals surface area (Å²) in [5, 5.41) is 28.8. The number of nitrogens with two attached hydrogens (primary N) is 1. The molecule has 7 nitrogen and oxygen atoms in total. The Hall–Kier alpha value is -0.280. The molecule has 0 unspecified atom stereocenters. The molecule has 1 heterocycles. The second-order valence-corrected chi connectivity index (χ2v) is 3.92. The normalized spacial score (nSPS) is 38.3. The Morgan fingerprint density at radius 2 is 2.00 bits per heavy atom. The lowest BCUT2D eigenvalue weighted by molar-refractivity contribution is -0.301. The third kappa shape index (κ3) is 3.59. The van der Waals surface area contributed by atoms with E-state index in [4.69, 9.17) is 25.1 Å². The van der Waals surface area contributed by atoms with E-state index in [2.05, 4.69) is 0 Å². The first kappa shape index (κ1) is 14.8. The van der Waals surface area contributed by atoms with Gasteiger partial charge in [0, 0.05) is 13.7 Å². The predicted octanol–water partition coefficient (Wildman–Crippen LogP) is -2.19. The Bertz CT molecular complexity index is 201. The molecule has 1 saturated heterocycles. The molecule has 0 aromatic rings. The fraction of sp³-hybridized carbons (Fsp3) is 1.00. The third-order valence-corrected chi connectivity index (χ3v) is 2.71. The highest BCUT2D eigenvalue weighted by Crippen LogP contribution is 2.23. The second-order valence-electron chi connectivity index (χ2n) is 3.92. The molecule has 5 N–H and O–H groups in total. The molecule has 1 aliphatic heterocycles. The smallest absolute Gasteiger partial charge is 0.186 e. The monoisotopic (exact) mass is 251 g/mol. The van der Waals surface area contributed by atoms with Gasteiger partial charge in [-0.05, 0) is 13.0 Å². The average molecular weight is 251 g/mol. The maximum Gasteiger partial charge on any atom is 0.186 e. The van der Waals surface area contributed by atoms with E-state index in [0.717, 1.165) is 0 Å². The minimum Gasteiger partial charge on any atom is -0.394 e. The second kappa shape index (κ2) is 7.22. The first-order chi connectivity index (χ1) is 8.15. The fourth-order valence-corrected chi connectivity index (χ4v) is 1.75. The van der Waals surface area contributed by atoms with E-state index in [1.807, 2.05) is 0 Å². The zero-order valence-corrected chi connectivity index (χ0v) is 9.86. The predicted molar refractivity (Wildman–Crippen MR) is 58.2 cm³/mol. The molecule has 1 aliphatic rings. The van der Waals surface area contributed by atoms with Crippen LogP contribution >= 0.6 is 0 Å². The SMILES string of the molecule is CO[C@H]1O[C@H](CO)[C@H](O)[C@H](OCCCN)[C@H]1O. The van der Waals surface area contributed by atoms with Gasteiger partial charge >= 0.3 is 0 Å². The van der Waals surface area contributed by atoms with Crippen LogP contribution in [0.5, 0.6) is 0 Å². The highest BCUT2D eigenvalue weighted by Gasteiger charge is 2.45. The Balaban J connectivity index is 2.61. The minimum absolute atomic E-state index is 0.323.